The molecule has 94 valence electrons. The third-order valence-electron chi connectivity index (χ3n) is 3.11. The Labute approximate surface area is 101 Å². The molecule has 1 saturated heterocycles. The predicted octanol–water partition coefficient (Wildman–Crippen LogP) is 2.44. The van der Waals surface area contributed by atoms with E-state index in [1.54, 1.807) is 6.07 Å². The highest BCUT2D eigenvalue weighted by Gasteiger charge is 2.29. The summed E-state index contributed by atoms with van der Waals surface area (Å²) in [5.74, 6) is -0.310. The Hall–Kier alpha value is -1.00. The summed E-state index contributed by atoms with van der Waals surface area (Å²) < 4.78 is 18.8. The van der Waals surface area contributed by atoms with Gasteiger partial charge in [0, 0.05) is 12.6 Å². The van der Waals surface area contributed by atoms with E-state index in [1.165, 1.54) is 12.3 Å². The van der Waals surface area contributed by atoms with Crippen LogP contribution in [0.25, 0.3) is 0 Å². The van der Waals surface area contributed by atoms with Crippen molar-refractivity contribution in [3.63, 3.8) is 0 Å². The van der Waals surface area contributed by atoms with E-state index in [4.69, 9.17) is 4.74 Å². The van der Waals surface area contributed by atoms with E-state index in [1.807, 2.05) is 0 Å². The van der Waals surface area contributed by atoms with E-state index in [-0.39, 0.29) is 24.1 Å². The van der Waals surface area contributed by atoms with Crippen molar-refractivity contribution in [2.45, 2.75) is 44.9 Å². The Bertz CT molecular complexity index is 355. The van der Waals surface area contributed by atoms with Gasteiger partial charge in [-0.05, 0) is 25.5 Å². The van der Waals surface area contributed by atoms with E-state index in [0.717, 1.165) is 25.1 Å². The maximum absolute atomic E-state index is 12.8. The molecule has 0 aromatic carbocycles. The topological polar surface area (TPSA) is 34.2 Å². The summed E-state index contributed by atoms with van der Waals surface area (Å²) in [6, 6.07) is 3.34. The molecule has 3 nitrogen and oxygen atoms in total. The third-order valence-corrected chi connectivity index (χ3v) is 3.11. The first-order valence-corrected chi connectivity index (χ1v) is 6.21. The number of aromatic nitrogens is 1. The average Bonchev–Trinajstić information content (AvgIpc) is 2.33. The number of pyridine rings is 1. The Morgan fingerprint density at radius 2 is 2.35 bits per heavy atom. The van der Waals surface area contributed by atoms with Gasteiger partial charge in [-0.3, -0.25) is 4.98 Å². The maximum Gasteiger partial charge on any atom is 0.141 e. The lowest BCUT2D eigenvalue weighted by molar-refractivity contribution is -0.0664. The normalized spacial score (nSPS) is 29.2. The summed E-state index contributed by atoms with van der Waals surface area (Å²) in [4.78, 5) is 4.11. The largest absolute Gasteiger partial charge is 0.366 e. The molecule has 2 rings (SSSR count). The molecule has 1 N–H and O–H groups in total. The molecule has 0 saturated carbocycles. The van der Waals surface area contributed by atoms with Crippen LogP contribution in [0.4, 0.5) is 4.39 Å². The van der Waals surface area contributed by atoms with Crippen LogP contribution in [0.15, 0.2) is 18.3 Å². The molecule has 3 unspecified atom stereocenters. The molecule has 1 aliphatic rings. The quantitative estimate of drug-likeness (QED) is 0.878. The first kappa shape index (κ1) is 12.5. The van der Waals surface area contributed by atoms with Crippen molar-refractivity contribution in [3.05, 3.63) is 29.8 Å². The highest BCUT2D eigenvalue weighted by molar-refractivity contribution is 5.11. The summed E-state index contributed by atoms with van der Waals surface area (Å²) in [5.41, 5.74) is 0.798. The zero-order valence-corrected chi connectivity index (χ0v) is 10.3. The molecule has 0 spiro atoms. The van der Waals surface area contributed by atoms with Crippen LogP contribution < -0.4 is 5.32 Å². The molecule has 4 heteroatoms. The van der Waals surface area contributed by atoms with Gasteiger partial charge in [0.05, 0.1) is 18.0 Å². The number of hydrogen-bond acceptors (Lipinski definition) is 3. The number of hydrogen-bond donors (Lipinski definition) is 1. The van der Waals surface area contributed by atoms with Crippen LogP contribution in [0.2, 0.25) is 0 Å². The molecule has 0 radical (unpaired) electrons. The zero-order chi connectivity index (χ0) is 12.3. The lowest BCUT2D eigenvalue weighted by Crippen LogP contribution is -2.46. The number of rotatable bonds is 3. The van der Waals surface area contributed by atoms with E-state index < -0.39 is 0 Å². The molecule has 1 aromatic rings. The Kier molecular flexibility index (Phi) is 4.07. The molecule has 3 atom stereocenters. The maximum atomic E-state index is 12.8. The van der Waals surface area contributed by atoms with Crippen LogP contribution in [0, 0.1) is 5.82 Å². The molecule has 1 aromatic heterocycles. The SMILES string of the molecule is CCCC1CNC(C)C(c2ccc(F)cn2)O1. The van der Waals surface area contributed by atoms with Gasteiger partial charge in [0.2, 0.25) is 0 Å². The molecule has 1 aliphatic heterocycles. The molecule has 0 amide bonds. The molecule has 1 fully saturated rings. The highest BCUT2D eigenvalue weighted by atomic mass is 19.1. The van der Waals surface area contributed by atoms with Crippen LogP contribution in [0.3, 0.4) is 0 Å². The first-order valence-electron chi connectivity index (χ1n) is 6.21. The van der Waals surface area contributed by atoms with Crippen LogP contribution in [-0.2, 0) is 4.74 Å². The average molecular weight is 238 g/mol. The summed E-state index contributed by atoms with van der Waals surface area (Å²) in [6.45, 7) is 5.09. The second-order valence-corrected chi connectivity index (χ2v) is 4.57. The smallest absolute Gasteiger partial charge is 0.141 e. The van der Waals surface area contributed by atoms with E-state index >= 15 is 0 Å². The Morgan fingerprint density at radius 3 is 3.00 bits per heavy atom. The van der Waals surface area contributed by atoms with Crippen molar-refractivity contribution in [1.29, 1.82) is 0 Å². The molecular weight excluding hydrogens is 219 g/mol. The van der Waals surface area contributed by atoms with Crippen molar-refractivity contribution in [1.82, 2.24) is 10.3 Å². The third kappa shape index (κ3) is 3.01. The van der Waals surface area contributed by atoms with Crippen LogP contribution >= 0.6 is 0 Å². The molecule has 17 heavy (non-hydrogen) atoms. The number of nitrogens with one attached hydrogen (secondary N) is 1. The van der Waals surface area contributed by atoms with Gasteiger partial charge < -0.3 is 10.1 Å². The van der Waals surface area contributed by atoms with Gasteiger partial charge in [0.1, 0.15) is 11.9 Å². The lowest BCUT2D eigenvalue weighted by Gasteiger charge is -2.35. The number of nitrogens with zero attached hydrogens (tertiary/aromatic N) is 1. The predicted molar refractivity (Wildman–Crippen MR) is 64.2 cm³/mol. The fourth-order valence-electron chi connectivity index (χ4n) is 2.17. The summed E-state index contributed by atoms with van der Waals surface area (Å²) in [5, 5.41) is 3.42. The molecule has 0 aliphatic carbocycles. The van der Waals surface area contributed by atoms with E-state index in [2.05, 4.69) is 24.1 Å². The van der Waals surface area contributed by atoms with Crippen molar-refractivity contribution >= 4 is 0 Å². The molecule has 0 bridgehead atoms. The molecule has 2 heterocycles. The van der Waals surface area contributed by atoms with Gasteiger partial charge in [-0.2, -0.15) is 0 Å². The number of halogens is 1. The Morgan fingerprint density at radius 1 is 1.53 bits per heavy atom. The second kappa shape index (κ2) is 5.56. The number of ether oxygens (including phenoxy) is 1. The van der Waals surface area contributed by atoms with Crippen molar-refractivity contribution < 1.29 is 9.13 Å². The second-order valence-electron chi connectivity index (χ2n) is 4.57. The van der Waals surface area contributed by atoms with Gasteiger partial charge in [0.25, 0.3) is 0 Å². The summed E-state index contributed by atoms with van der Waals surface area (Å²) in [7, 11) is 0. The zero-order valence-electron chi connectivity index (χ0n) is 10.3. The van der Waals surface area contributed by atoms with E-state index in [0.29, 0.717) is 0 Å². The van der Waals surface area contributed by atoms with Crippen molar-refractivity contribution in [2.75, 3.05) is 6.54 Å². The van der Waals surface area contributed by atoms with Crippen LogP contribution in [-0.4, -0.2) is 23.7 Å². The van der Waals surface area contributed by atoms with Gasteiger partial charge in [-0.15, -0.1) is 0 Å². The monoisotopic (exact) mass is 238 g/mol. The van der Waals surface area contributed by atoms with Crippen LogP contribution in [0.5, 0.6) is 0 Å². The minimum atomic E-state index is -0.310. The minimum absolute atomic E-state index is 0.0825. The van der Waals surface area contributed by atoms with Crippen molar-refractivity contribution in [2.24, 2.45) is 0 Å². The van der Waals surface area contributed by atoms with E-state index in [9.17, 15) is 4.39 Å². The molecular formula is C13H19FN2O. The van der Waals surface area contributed by atoms with Gasteiger partial charge in [-0.1, -0.05) is 13.3 Å². The van der Waals surface area contributed by atoms with Crippen LogP contribution in [0.1, 0.15) is 38.5 Å². The highest BCUT2D eigenvalue weighted by Crippen LogP contribution is 2.26. The fourth-order valence-corrected chi connectivity index (χ4v) is 2.17. The fraction of sp³-hybridized carbons (Fsp3) is 0.615. The summed E-state index contributed by atoms with van der Waals surface area (Å²) >= 11 is 0. The van der Waals surface area contributed by atoms with Gasteiger partial charge >= 0.3 is 0 Å². The minimum Gasteiger partial charge on any atom is -0.366 e. The summed E-state index contributed by atoms with van der Waals surface area (Å²) in [6.07, 6.45) is 3.53. The number of morpholine rings is 1. The lowest BCUT2D eigenvalue weighted by atomic mass is 10.0. The standard InChI is InChI=1S/C13H19FN2O/c1-3-4-11-8-15-9(2)13(17-11)12-6-5-10(14)7-16-12/h5-7,9,11,13,15H,3-4,8H2,1-2H3. The van der Waals surface area contributed by atoms with Gasteiger partial charge in [0.15, 0.2) is 0 Å². The Balaban J connectivity index is 2.09. The van der Waals surface area contributed by atoms with Gasteiger partial charge in [-0.25, -0.2) is 4.39 Å². The first-order chi connectivity index (χ1) is 8.20. The van der Waals surface area contributed by atoms with Crippen molar-refractivity contribution in [3.8, 4) is 0 Å².